The molecule has 0 aliphatic rings. The summed E-state index contributed by atoms with van der Waals surface area (Å²) >= 11 is 0. The van der Waals surface area contributed by atoms with Crippen molar-refractivity contribution in [3.05, 3.63) is 72.8 Å². The average molecular weight is 345 g/mol. The van der Waals surface area contributed by atoms with Crippen LogP contribution in [-0.2, 0) is 0 Å². The van der Waals surface area contributed by atoms with Crippen molar-refractivity contribution >= 4 is 0 Å². The second-order valence-electron chi connectivity index (χ2n) is 5.85. The van der Waals surface area contributed by atoms with Crippen LogP contribution < -0.4 is 0 Å². The first kappa shape index (κ1) is 15.8. The van der Waals surface area contributed by atoms with Gasteiger partial charge in [-0.3, -0.25) is 0 Å². The third kappa shape index (κ3) is 2.75. The van der Waals surface area contributed by atoms with E-state index in [2.05, 4.69) is 5.16 Å². The van der Waals surface area contributed by atoms with E-state index in [1.54, 1.807) is 66.7 Å². The molecule has 0 fully saturated rings. The summed E-state index contributed by atoms with van der Waals surface area (Å²) in [5.41, 5.74) is 3.25. The molecular formula is C21H15NO4. The van der Waals surface area contributed by atoms with E-state index < -0.39 is 0 Å². The predicted molar refractivity (Wildman–Crippen MR) is 97.8 cm³/mol. The van der Waals surface area contributed by atoms with Gasteiger partial charge in [-0.05, 0) is 54.1 Å². The normalized spacial score (nSPS) is 10.8. The molecule has 26 heavy (non-hydrogen) atoms. The smallest absolute Gasteiger partial charge is 0.175 e. The number of para-hydroxylation sites is 1. The fourth-order valence-corrected chi connectivity index (χ4v) is 2.85. The van der Waals surface area contributed by atoms with E-state index in [4.69, 9.17) is 4.52 Å². The third-order valence-corrected chi connectivity index (χ3v) is 4.14. The van der Waals surface area contributed by atoms with Gasteiger partial charge in [-0.25, -0.2) is 0 Å². The maximum atomic E-state index is 10.2. The largest absolute Gasteiger partial charge is 0.508 e. The highest BCUT2D eigenvalue weighted by Gasteiger charge is 2.22. The van der Waals surface area contributed by atoms with Crippen LogP contribution in [0.2, 0.25) is 0 Å². The van der Waals surface area contributed by atoms with Gasteiger partial charge >= 0.3 is 0 Å². The van der Waals surface area contributed by atoms with Gasteiger partial charge in [0.15, 0.2) is 5.76 Å². The fourth-order valence-electron chi connectivity index (χ4n) is 2.85. The van der Waals surface area contributed by atoms with Crippen molar-refractivity contribution in [2.24, 2.45) is 0 Å². The van der Waals surface area contributed by atoms with E-state index in [0.717, 1.165) is 11.1 Å². The lowest BCUT2D eigenvalue weighted by Gasteiger charge is -2.07. The molecule has 0 spiro atoms. The molecular weight excluding hydrogens is 330 g/mol. The summed E-state index contributed by atoms with van der Waals surface area (Å²) in [5.74, 6) is 0.910. The lowest BCUT2D eigenvalue weighted by Crippen LogP contribution is -1.85. The SMILES string of the molecule is Oc1ccc(-c2onc(-c3ccccc3O)c2-c2ccc(O)cc2)cc1. The first-order chi connectivity index (χ1) is 12.6. The molecule has 3 N–H and O–H groups in total. The highest BCUT2D eigenvalue weighted by Crippen LogP contribution is 2.42. The van der Waals surface area contributed by atoms with Gasteiger partial charge in [0.25, 0.3) is 0 Å². The zero-order chi connectivity index (χ0) is 18.1. The molecule has 4 rings (SSSR count). The Balaban J connectivity index is 1.97. The zero-order valence-corrected chi connectivity index (χ0v) is 13.6. The molecule has 3 aromatic carbocycles. The molecule has 1 heterocycles. The molecule has 0 atom stereocenters. The summed E-state index contributed by atoms with van der Waals surface area (Å²) in [6.45, 7) is 0. The minimum Gasteiger partial charge on any atom is -0.508 e. The molecule has 0 aliphatic carbocycles. The van der Waals surface area contributed by atoms with Crippen molar-refractivity contribution in [1.82, 2.24) is 5.16 Å². The molecule has 0 radical (unpaired) electrons. The van der Waals surface area contributed by atoms with Gasteiger partial charge in [-0.2, -0.15) is 0 Å². The monoisotopic (exact) mass is 345 g/mol. The Morgan fingerprint density at radius 3 is 1.85 bits per heavy atom. The predicted octanol–water partition coefficient (Wildman–Crippen LogP) is 4.79. The van der Waals surface area contributed by atoms with Gasteiger partial charge in [-0.15, -0.1) is 0 Å². The second-order valence-corrected chi connectivity index (χ2v) is 5.85. The molecule has 0 saturated carbocycles. The highest BCUT2D eigenvalue weighted by molar-refractivity contribution is 5.91. The molecule has 4 aromatic rings. The van der Waals surface area contributed by atoms with Crippen molar-refractivity contribution in [3.63, 3.8) is 0 Å². The molecule has 0 bridgehead atoms. The Labute approximate surface area is 149 Å². The van der Waals surface area contributed by atoms with E-state index in [0.29, 0.717) is 22.6 Å². The van der Waals surface area contributed by atoms with Crippen molar-refractivity contribution in [1.29, 1.82) is 0 Å². The Kier molecular flexibility index (Phi) is 3.82. The maximum Gasteiger partial charge on any atom is 0.175 e. The first-order valence-electron chi connectivity index (χ1n) is 8.00. The van der Waals surface area contributed by atoms with Crippen molar-refractivity contribution in [2.75, 3.05) is 0 Å². The van der Waals surface area contributed by atoms with Crippen LogP contribution in [0, 0.1) is 0 Å². The van der Waals surface area contributed by atoms with Crippen LogP contribution in [-0.4, -0.2) is 20.5 Å². The average Bonchev–Trinajstić information content (AvgIpc) is 3.08. The highest BCUT2D eigenvalue weighted by atomic mass is 16.5. The van der Waals surface area contributed by atoms with Crippen LogP contribution in [0.15, 0.2) is 77.3 Å². The molecule has 0 amide bonds. The van der Waals surface area contributed by atoms with E-state index >= 15 is 0 Å². The maximum absolute atomic E-state index is 10.2. The van der Waals surface area contributed by atoms with Gasteiger partial charge in [0.1, 0.15) is 22.9 Å². The number of rotatable bonds is 3. The number of benzene rings is 3. The van der Waals surface area contributed by atoms with Gasteiger partial charge in [-0.1, -0.05) is 29.4 Å². The topological polar surface area (TPSA) is 86.7 Å². The van der Waals surface area contributed by atoms with Crippen LogP contribution in [0.3, 0.4) is 0 Å². The molecule has 0 aliphatic heterocycles. The number of hydrogen-bond acceptors (Lipinski definition) is 5. The van der Waals surface area contributed by atoms with Gasteiger partial charge in [0.2, 0.25) is 0 Å². The molecule has 0 saturated heterocycles. The molecule has 128 valence electrons. The number of aromatic nitrogens is 1. The second kappa shape index (κ2) is 6.29. The van der Waals surface area contributed by atoms with Crippen LogP contribution in [0.5, 0.6) is 17.2 Å². The Morgan fingerprint density at radius 1 is 0.654 bits per heavy atom. The Hall–Kier alpha value is -3.73. The third-order valence-electron chi connectivity index (χ3n) is 4.14. The summed E-state index contributed by atoms with van der Waals surface area (Å²) < 4.78 is 5.61. The molecule has 0 unspecified atom stereocenters. The van der Waals surface area contributed by atoms with Gasteiger partial charge < -0.3 is 19.8 Å². The summed E-state index contributed by atoms with van der Waals surface area (Å²) in [4.78, 5) is 0. The van der Waals surface area contributed by atoms with E-state index in [1.165, 1.54) is 0 Å². The zero-order valence-electron chi connectivity index (χ0n) is 13.6. The van der Waals surface area contributed by atoms with Crippen LogP contribution in [0.25, 0.3) is 33.7 Å². The quantitative estimate of drug-likeness (QED) is 0.497. The summed E-state index contributed by atoms with van der Waals surface area (Å²) in [5, 5.41) is 33.6. The number of hydrogen-bond donors (Lipinski definition) is 3. The summed E-state index contributed by atoms with van der Waals surface area (Å²) in [6, 6.07) is 20.2. The van der Waals surface area contributed by atoms with Crippen LogP contribution in [0.4, 0.5) is 0 Å². The van der Waals surface area contributed by atoms with E-state index in [9.17, 15) is 15.3 Å². The van der Waals surface area contributed by atoms with Crippen molar-refractivity contribution < 1.29 is 19.8 Å². The fraction of sp³-hybridized carbons (Fsp3) is 0. The Morgan fingerprint density at radius 2 is 1.23 bits per heavy atom. The van der Waals surface area contributed by atoms with Crippen molar-refractivity contribution in [2.45, 2.75) is 0 Å². The molecule has 1 aromatic heterocycles. The van der Waals surface area contributed by atoms with E-state index in [1.807, 2.05) is 6.07 Å². The number of nitrogens with zero attached hydrogens (tertiary/aromatic N) is 1. The van der Waals surface area contributed by atoms with Gasteiger partial charge in [0, 0.05) is 11.1 Å². The van der Waals surface area contributed by atoms with E-state index in [-0.39, 0.29) is 17.2 Å². The first-order valence-corrected chi connectivity index (χ1v) is 8.00. The summed E-state index contributed by atoms with van der Waals surface area (Å²) in [6.07, 6.45) is 0. The molecule has 5 nitrogen and oxygen atoms in total. The lowest BCUT2D eigenvalue weighted by atomic mass is 9.96. The Bertz CT molecular complexity index is 1050. The number of phenolic OH excluding ortho intramolecular Hbond substituents is 3. The lowest BCUT2D eigenvalue weighted by molar-refractivity contribution is 0.433. The van der Waals surface area contributed by atoms with Crippen LogP contribution >= 0.6 is 0 Å². The number of phenols is 3. The molecule has 5 heteroatoms. The van der Waals surface area contributed by atoms with Crippen molar-refractivity contribution in [3.8, 4) is 51.0 Å². The van der Waals surface area contributed by atoms with Crippen LogP contribution in [0.1, 0.15) is 0 Å². The summed E-state index contributed by atoms with van der Waals surface area (Å²) in [7, 11) is 0. The number of aromatic hydroxyl groups is 3. The minimum absolute atomic E-state index is 0.0954. The van der Waals surface area contributed by atoms with Gasteiger partial charge in [0.05, 0.1) is 5.56 Å². The standard InChI is InChI=1S/C21H15NO4/c23-15-9-5-13(6-10-15)19-20(17-3-1-2-4-18(17)25)22-26-21(19)14-7-11-16(24)12-8-14/h1-12,23-25H. The minimum atomic E-state index is 0.0954.